The van der Waals surface area contributed by atoms with Crippen LogP contribution in [0.1, 0.15) is 28.8 Å². The maximum Gasteiger partial charge on any atom is 0.314 e. The normalized spacial score (nSPS) is 16.8. The van der Waals surface area contributed by atoms with E-state index >= 15 is 0 Å². The topological polar surface area (TPSA) is 70.5 Å². The summed E-state index contributed by atoms with van der Waals surface area (Å²) in [6.07, 6.45) is 4.01. The van der Waals surface area contributed by atoms with E-state index in [0.29, 0.717) is 31.5 Å². The molecule has 0 saturated carbocycles. The average molecular weight is 310 g/mol. The predicted molar refractivity (Wildman–Crippen MR) is 85.1 cm³/mol. The highest BCUT2D eigenvalue weighted by molar-refractivity contribution is 5.94. The summed E-state index contributed by atoms with van der Waals surface area (Å²) in [6, 6.07) is 12.7. The fraction of sp³-hybridized carbons (Fsp3) is 0.278. The maximum atomic E-state index is 12.5. The highest BCUT2D eigenvalue weighted by Gasteiger charge is 2.43. The van der Waals surface area contributed by atoms with Crippen LogP contribution in [0.3, 0.4) is 0 Å². The zero-order valence-corrected chi connectivity index (χ0v) is 12.7. The summed E-state index contributed by atoms with van der Waals surface area (Å²) in [5, 5.41) is 9.77. The van der Waals surface area contributed by atoms with Crippen molar-refractivity contribution >= 4 is 11.9 Å². The zero-order chi connectivity index (χ0) is 16.3. The minimum Gasteiger partial charge on any atom is -0.481 e. The molecule has 1 amide bonds. The Bertz CT molecular complexity index is 693. The number of carboxylic acids is 1. The molecule has 2 aromatic rings. The quantitative estimate of drug-likeness (QED) is 0.944. The summed E-state index contributed by atoms with van der Waals surface area (Å²) >= 11 is 0. The van der Waals surface area contributed by atoms with Gasteiger partial charge in [0.15, 0.2) is 0 Å². The van der Waals surface area contributed by atoms with Crippen LogP contribution in [0.2, 0.25) is 0 Å². The number of pyridine rings is 1. The van der Waals surface area contributed by atoms with Crippen molar-refractivity contribution in [2.45, 2.75) is 18.3 Å². The lowest BCUT2D eigenvalue weighted by atomic mass is 9.73. The van der Waals surface area contributed by atoms with Crippen LogP contribution >= 0.6 is 0 Å². The second-order valence-electron chi connectivity index (χ2n) is 5.78. The Hall–Kier alpha value is -2.69. The van der Waals surface area contributed by atoms with E-state index in [0.717, 1.165) is 5.56 Å². The molecular weight excluding hydrogens is 292 g/mol. The Morgan fingerprint density at radius 3 is 2.17 bits per heavy atom. The second kappa shape index (κ2) is 6.20. The van der Waals surface area contributed by atoms with Gasteiger partial charge in [-0.25, -0.2) is 0 Å². The van der Waals surface area contributed by atoms with Crippen LogP contribution < -0.4 is 0 Å². The highest BCUT2D eigenvalue weighted by Crippen LogP contribution is 2.36. The van der Waals surface area contributed by atoms with E-state index in [1.54, 1.807) is 29.4 Å². The summed E-state index contributed by atoms with van der Waals surface area (Å²) in [7, 11) is 0. The van der Waals surface area contributed by atoms with Gasteiger partial charge in [0.1, 0.15) is 0 Å². The molecule has 0 unspecified atom stereocenters. The maximum absolute atomic E-state index is 12.5. The molecule has 0 atom stereocenters. The van der Waals surface area contributed by atoms with Crippen LogP contribution in [-0.2, 0) is 10.2 Å². The van der Waals surface area contributed by atoms with Crippen molar-refractivity contribution in [3.8, 4) is 0 Å². The van der Waals surface area contributed by atoms with Crippen LogP contribution in [0.15, 0.2) is 54.9 Å². The van der Waals surface area contributed by atoms with E-state index in [1.807, 2.05) is 30.3 Å². The molecule has 0 radical (unpaired) electrons. The van der Waals surface area contributed by atoms with Gasteiger partial charge >= 0.3 is 5.97 Å². The van der Waals surface area contributed by atoms with Crippen molar-refractivity contribution in [2.75, 3.05) is 13.1 Å². The van der Waals surface area contributed by atoms with E-state index in [1.165, 1.54) is 0 Å². The number of likely N-dealkylation sites (tertiary alicyclic amines) is 1. The summed E-state index contributed by atoms with van der Waals surface area (Å²) in [5.74, 6) is -0.890. The largest absolute Gasteiger partial charge is 0.481 e. The molecule has 1 N–H and O–H groups in total. The first-order valence-corrected chi connectivity index (χ1v) is 7.62. The summed E-state index contributed by atoms with van der Waals surface area (Å²) in [5.41, 5.74) is 0.488. The van der Waals surface area contributed by atoms with E-state index in [2.05, 4.69) is 4.98 Å². The number of aliphatic carboxylic acids is 1. The lowest BCUT2D eigenvalue weighted by molar-refractivity contribution is -0.145. The fourth-order valence-electron chi connectivity index (χ4n) is 3.15. The zero-order valence-electron chi connectivity index (χ0n) is 12.7. The van der Waals surface area contributed by atoms with Crippen LogP contribution in [0, 0.1) is 0 Å². The number of piperidine rings is 1. The molecule has 0 aliphatic carbocycles. The SMILES string of the molecule is O=C(c1ccncc1)N1CCC(C(=O)O)(c2ccccc2)CC1. The standard InChI is InChI=1S/C18H18N2O3/c21-16(14-6-10-19-11-7-14)20-12-8-18(9-13-20,17(22)23)15-4-2-1-3-5-15/h1-7,10-11H,8-9,12-13H2,(H,22,23). The van der Waals surface area contributed by atoms with Crippen LogP contribution in [0.5, 0.6) is 0 Å². The number of benzene rings is 1. The molecule has 1 aliphatic rings. The first kappa shape index (κ1) is 15.2. The minimum atomic E-state index is -0.906. The Morgan fingerprint density at radius 2 is 1.61 bits per heavy atom. The van der Waals surface area contributed by atoms with E-state index in [4.69, 9.17) is 0 Å². The number of rotatable bonds is 3. The number of aromatic nitrogens is 1. The van der Waals surface area contributed by atoms with Crippen molar-refractivity contribution in [3.05, 3.63) is 66.0 Å². The molecule has 5 nitrogen and oxygen atoms in total. The Morgan fingerprint density at radius 1 is 1.00 bits per heavy atom. The third-order valence-electron chi connectivity index (χ3n) is 4.57. The van der Waals surface area contributed by atoms with E-state index < -0.39 is 11.4 Å². The molecule has 1 fully saturated rings. The number of amides is 1. The monoisotopic (exact) mass is 310 g/mol. The number of carboxylic acid groups (broad SMARTS) is 1. The molecule has 118 valence electrons. The molecule has 3 rings (SSSR count). The molecular formula is C18H18N2O3. The third kappa shape index (κ3) is 2.82. The predicted octanol–water partition coefficient (Wildman–Crippen LogP) is 2.34. The second-order valence-corrected chi connectivity index (χ2v) is 5.78. The van der Waals surface area contributed by atoms with Gasteiger partial charge in [-0.15, -0.1) is 0 Å². The van der Waals surface area contributed by atoms with Gasteiger partial charge in [-0.3, -0.25) is 14.6 Å². The van der Waals surface area contributed by atoms with Gasteiger partial charge in [0.05, 0.1) is 5.41 Å². The summed E-state index contributed by atoms with van der Waals surface area (Å²) in [6.45, 7) is 0.866. The minimum absolute atomic E-state index is 0.0700. The van der Waals surface area contributed by atoms with Crippen LogP contribution in [0.25, 0.3) is 0 Å². The fourth-order valence-corrected chi connectivity index (χ4v) is 3.15. The van der Waals surface area contributed by atoms with Gasteiger partial charge in [0.2, 0.25) is 0 Å². The third-order valence-corrected chi connectivity index (χ3v) is 4.57. The highest BCUT2D eigenvalue weighted by atomic mass is 16.4. The number of nitrogens with zero attached hydrogens (tertiary/aromatic N) is 2. The number of carbonyl (C=O) groups is 2. The van der Waals surface area contributed by atoms with Crippen molar-refractivity contribution in [3.63, 3.8) is 0 Å². The Labute approximate surface area is 134 Å². The van der Waals surface area contributed by atoms with E-state index in [-0.39, 0.29) is 5.91 Å². The van der Waals surface area contributed by atoms with Gasteiger partial charge < -0.3 is 10.0 Å². The molecule has 1 aromatic carbocycles. The Kier molecular flexibility index (Phi) is 4.10. The molecule has 2 heterocycles. The van der Waals surface area contributed by atoms with Crippen LogP contribution in [0.4, 0.5) is 0 Å². The molecule has 5 heteroatoms. The lowest BCUT2D eigenvalue weighted by Gasteiger charge is -2.39. The number of carbonyl (C=O) groups excluding carboxylic acids is 1. The molecule has 0 spiro atoms. The number of hydrogen-bond acceptors (Lipinski definition) is 3. The first-order chi connectivity index (χ1) is 11.1. The summed E-state index contributed by atoms with van der Waals surface area (Å²) < 4.78 is 0. The number of hydrogen-bond donors (Lipinski definition) is 1. The van der Waals surface area contributed by atoms with Crippen molar-refractivity contribution in [2.24, 2.45) is 0 Å². The van der Waals surface area contributed by atoms with Crippen molar-refractivity contribution in [1.29, 1.82) is 0 Å². The van der Waals surface area contributed by atoms with Crippen LogP contribution in [-0.4, -0.2) is 40.0 Å². The van der Waals surface area contributed by atoms with Gasteiger partial charge in [-0.05, 0) is 30.5 Å². The van der Waals surface area contributed by atoms with Gasteiger partial charge in [0.25, 0.3) is 5.91 Å². The smallest absolute Gasteiger partial charge is 0.314 e. The molecule has 1 aromatic heterocycles. The van der Waals surface area contributed by atoms with E-state index in [9.17, 15) is 14.7 Å². The lowest BCUT2D eigenvalue weighted by Crippen LogP contribution is -2.49. The Balaban J connectivity index is 1.79. The molecule has 1 aliphatic heterocycles. The summed E-state index contributed by atoms with van der Waals surface area (Å²) in [4.78, 5) is 30.0. The molecule has 1 saturated heterocycles. The van der Waals surface area contributed by atoms with Gasteiger partial charge in [-0.2, -0.15) is 0 Å². The average Bonchev–Trinajstić information content (AvgIpc) is 2.62. The van der Waals surface area contributed by atoms with Crippen molar-refractivity contribution < 1.29 is 14.7 Å². The molecule has 23 heavy (non-hydrogen) atoms. The molecule has 0 bridgehead atoms. The van der Waals surface area contributed by atoms with Gasteiger partial charge in [-0.1, -0.05) is 30.3 Å². The van der Waals surface area contributed by atoms with Crippen molar-refractivity contribution in [1.82, 2.24) is 9.88 Å². The van der Waals surface area contributed by atoms with Gasteiger partial charge in [0, 0.05) is 31.0 Å². The first-order valence-electron chi connectivity index (χ1n) is 7.62.